The molecular weight excluding hydrogens is 319 g/mol. The summed E-state index contributed by atoms with van der Waals surface area (Å²) in [5, 5.41) is 5.28. The summed E-state index contributed by atoms with van der Waals surface area (Å²) in [6, 6.07) is 13.6. The molecule has 2 aromatic rings. The summed E-state index contributed by atoms with van der Waals surface area (Å²) in [5.74, 6) is -1.00. The molecule has 25 heavy (non-hydrogen) atoms. The van der Waals surface area contributed by atoms with E-state index in [1.54, 1.807) is 12.1 Å². The maximum absolute atomic E-state index is 13.1. The highest BCUT2D eigenvalue weighted by Crippen LogP contribution is 2.11. The molecule has 0 saturated carbocycles. The lowest BCUT2D eigenvalue weighted by atomic mass is 10.1. The molecule has 0 bridgehead atoms. The summed E-state index contributed by atoms with van der Waals surface area (Å²) >= 11 is 0. The van der Waals surface area contributed by atoms with Gasteiger partial charge in [-0.15, -0.1) is 0 Å². The van der Waals surface area contributed by atoms with E-state index in [0.29, 0.717) is 11.3 Å². The average Bonchev–Trinajstić information content (AvgIpc) is 2.59. The van der Waals surface area contributed by atoms with Gasteiger partial charge in [-0.25, -0.2) is 4.39 Å². The van der Waals surface area contributed by atoms with Crippen molar-refractivity contribution >= 4 is 17.5 Å². The first kappa shape index (κ1) is 18.6. The molecule has 4 nitrogen and oxygen atoms in total. The van der Waals surface area contributed by atoms with Crippen LogP contribution in [0.4, 0.5) is 10.1 Å². The number of halogens is 1. The van der Waals surface area contributed by atoms with E-state index in [1.807, 2.05) is 24.3 Å². The maximum Gasteiger partial charge on any atom is 0.243 e. The van der Waals surface area contributed by atoms with E-state index < -0.39 is 0 Å². The normalized spacial score (nSPS) is 10.3. The summed E-state index contributed by atoms with van der Waals surface area (Å²) in [4.78, 5) is 23.7. The molecule has 0 fully saturated rings. The molecule has 0 spiro atoms. The molecule has 0 saturated heterocycles. The topological polar surface area (TPSA) is 58.2 Å². The van der Waals surface area contributed by atoms with Crippen LogP contribution in [-0.4, -0.2) is 18.4 Å². The molecule has 0 aromatic heterocycles. The van der Waals surface area contributed by atoms with Crippen molar-refractivity contribution in [2.45, 2.75) is 32.6 Å². The molecule has 0 atom stereocenters. The van der Waals surface area contributed by atoms with Gasteiger partial charge in [-0.2, -0.15) is 0 Å². The number of anilines is 1. The Kier molecular flexibility index (Phi) is 7.14. The third-order valence-electron chi connectivity index (χ3n) is 3.76. The second-order valence-corrected chi connectivity index (χ2v) is 5.93. The average molecular weight is 342 g/mol. The Labute approximate surface area is 147 Å². The smallest absolute Gasteiger partial charge is 0.243 e. The molecule has 2 amide bonds. The van der Waals surface area contributed by atoms with Crippen molar-refractivity contribution in [3.05, 3.63) is 65.5 Å². The first-order chi connectivity index (χ1) is 12.1. The molecule has 0 aliphatic rings. The van der Waals surface area contributed by atoms with E-state index in [9.17, 15) is 14.0 Å². The highest BCUT2D eigenvalue weighted by molar-refractivity contribution is 5.94. The number of rotatable bonds is 8. The fourth-order valence-corrected chi connectivity index (χ4v) is 2.41. The van der Waals surface area contributed by atoms with Crippen LogP contribution in [0.25, 0.3) is 0 Å². The molecule has 0 aliphatic carbocycles. The molecule has 2 N–H and O–H groups in total. The van der Waals surface area contributed by atoms with Crippen molar-refractivity contribution in [3.8, 4) is 0 Å². The summed E-state index contributed by atoms with van der Waals surface area (Å²) in [6.45, 7) is 2.03. The first-order valence-corrected chi connectivity index (χ1v) is 8.46. The summed E-state index contributed by atoms with van der Waals surface area (Å²) < 4.78 is 13.1. The number of hydrogen-bond donors (Lipinski definition) is 2. The number of carbonyl (C=O) groups is 2. The zero-order valence-electron chi connectivity index (χ0n) is 14.3. The second kappa shape index (κ2) is 9.57. The van der Waals surface area contributed by atoms with Crippen molar-refractivity contribution in [1.29, 1.82) is 0 Å². The first-order valence-electron chi connectivity index (χ1n) is 8.46. The predicted molar refractivity (Wildman–Crippen MR) is 96.8 cm³/mol. The molecule has 5 heteroatoms. The van der Waals surface area contributed by atoms with Gasteiger partial charge in [-0.1, -0.05) is 37.6 Å². The van der Waals surface area contributed by atoms with Gasteiger partial charge in [0.25, 0.3) is 0 Å². The van der Waals surface area contributed by atoms with Crippen molar-refractivity contribution in [3.63, 3.8) is 0 Å². The lowest BCUT2D eigenvalue weighted by molar-refractivity contribution is -0.123. The third kappa shape index (κ3) is 6.75. The van der Waals surface area contributed by atoms with Gasteiger partial charge in [0.2, 0.25) is 11.8 Å². The minimum atomic E-state index is -0.384. The Morgan fingerprint density at radius 1 is 1.00 bits per heavy atom. The van der Waals surface area contributed by atoms with Crippen LogP contribution in [0.3, 0.4) is 0 Å². The standard InChI is InChI=1S/C20H23FN2O2/c1-2-3-5-15-8-10-18(11-9-15)23-20(25)14-22-19(24)13-16-6-4-7-17(21)12-16/h4,6-12H,2-3,5,13-14H2,1H3,(H,22,24)(H,23,25). The summed E-state index contributed by atoms with van der Waals surface area (Å²) in [5.41, 5.74) is 2.51. The molecule has 0 radical (unpaired) electrons. The summed E-state index contributed by atoms with van der Waals surface area (Å²) in [6.07, 6.45) is 3.36. The Hall–Kier alpha value is -2.69. The number of nitrogens with one attached hydrogen (secondary N) is 2. The fraction of sp³-hybridized carbons (Fsp3) is 0.300. The summed E-state index contributed by atoms with van der Waals surface area (Å²) in [7, 11) is 0. The predicted octanol–water partition coefficient (Wildman–Crippen LogP) is 3.47. The number of unbranched alkanes of at least 4 members (excludes halogenated alkanes) is 1. The number of benzene rings is 2. The van der Waals surface area contributed by atoms with Crippen molar-refractivity contribution < 1.29 is 14.0 Å². The van der Waals surface area contributed by atoms with E-state index >= 15 is 0 Å². The largest absolute Gasteiger partial charge is 0.347 e. The van der Waals surface area contributed by atoms with Gasteiger partial charge >= 0.3 is 0 Å². The van der Waals surface area contributed by atoms with Gasteiger partial charge in [0.1, 0.15) is 5.82 Å². The van der Waals surface area contributed by atoms with E-state index in [0.717, 1.165) is 19.3 Å². The fourth-order valence-electron chi connectivity index (χ4n) is 2.41. The quantitative estimate of drug-likeness (QED) is 0.772. The van der Waals surface area contributed by atoms with Gasteiger partial charge in [-0.3, -0.25) is 9.59 Å². The van der Waals surface area contributed by atoms with Crippen LogP contribution in [-0.2, 0) is 22.4 Å². The van der Waals surface area contributed by atoms with Gasteiger partial charge in [0, 0.05) is 5.69 Å². The minimum absolute atomic E-state index is 0.0389. The third-order valence-corrected chi connectivity index (χ3v) is 3.76. The minimum Gasteiger partial charge on any atom is -0.347 e. The highest BCUT2D eigenvalue weighted by Gasteiger charge is 2.07. The van der Waals surface area contributed by atoms with Crippen LogP contribution >= 0.6 is 0 Å². The van der Waals surface area contributed by atoms with Gasteiger partial charge < -0.3 is 10.6 Å². The van der Waals surface area contributed by atoms with Gasteiger partial charge in [-0.05, 0) is 48.2 Å². The van der Waals surface area contributed by atoms with E-state index in [2.05, 4.69) is 17.6 Å². The SMILES string of the molecule is CCCCc1ccc(NC(=O)CNC(=O)Cc2cccc(F)c2)cc1. The number of hydrogen-bond acceptors (Lipinski definition) is 2. The molecule has 0 heterocycles. The molecular formula is C20H23FN2O2. The van der Waals surface area contributed by atoms with Gasteiger partial charge in [0.05, 0.1) is 13.0 Å². The lowest BCUT2D eigenvalue weighted by Gasteiger charge is -2.08. The van der Waals surface area contributed by atoms with E-state index in [-0.39, 0.29) is 30.6 Å². The Bertz CT molecular complexity index is 714. The number of aryl methyl sites for hydroxylation is 1. The Morgan fingerprint density at radius 2 is 1.76 bits per heavy atom. The van der Waals surface area contributed by atoms with E-state index in [4.69, 9.17) is 0 Å². The van der Waals surface area contributed by atoms with Crippen molar-refractivity contribution in [1.82, 2.24) is 5.32 Å². The Morgan fingerprint density at radius 3 is 2.44 bits per heavy atom. The van der Waals surface area contributed by atoms with E-state index in [1.165, 1.54) is 17.7 Å². The Balaban J connectivity index is 1.75. The molecule has 0 aliphatic heterocycles. The molecule has 2 rings (SSSR count). The van der Waals surface area contributed by atoms with Crippen LogP contribution in [0.1, 0.15) is 30.9 Å². The van der Waals surface area contributed by atoms with Crippen LogP contribution in [0.15, 0.2) is 48.5 Å². The van der Waals surface area contributed by atoms with Crippen LogP contribution in [0.5, 0.6) is 0 Å². The second-order valence-electron chi connectivity index (χ2n) is 5.93. The van der Waals surface area contributed by atoms with Gasteiger partial charge in [0.15, 0.2) is 0 Å². The zero-order chi connectivity index (χ0) is 18.1. The van der Waals surface area contributed by atoms with Crippen LogP contribution in [0.2, 0.25) is 0 Å². The van der Waals surface area contributed by atoms with Crippen LogP contribution < -0.4 is 10.6 Å². The molecule has 2 aromatic carbocycles. The lowest BCUT2D eigenvalue weighted by Crippen LogP contribution is -2.33. The van der Waals surface area contributed by atoms with Crippen molar-refractivity contribution in [2.75, 3.05) is 11.9 Å². The number of amides is 2. The maximum atomic E-state index is 13.1. The molecule has 132 valence electrons. The highest BCUT2D eigenvalue weighted by atomic mass is 19.1. The number of carbonyl (C=O) groups excluding carboxylic acids is 2. The van der Waals surface area contributed by atoms with Crippen LogP contribution in [0, 0.1) is 5.82 Å². The monoisotopic (exact) mass is 342 g/mol. The zero-order valence-corrected chi connectivity index (χ0v) is 14.3. The van der Waals surface area contributed by atoms with Crippen molar-refractivity contribution in [2.24, 2.45) is 0 Å². The molecule has 0 unspecified atom stereocenters.